The first-order valence-corrected chi connectivity index (χ1v) is 24.8. The van der Waals surface area contributed by atoms with Crippen LogP contribution in [-0.4, -0.2) is 46.5 Å². The fourth-order valence-corrected chi connectivity index (χ4v) is 10.3. The summed E-state index contributed by atoms with van der Waals surface area (Å²) in [7, 11) is 0. The molecule has 0 saturated carbocycles. The van der Waals surface area contributed by atoms with Gasteiger partial charge in [-0.25, -0.2) is 9.67 Å². The summed E-state index contributed by atoms with van der Waals surface area (Å²) in [5.41, 5.74) is 10.5. The lowest BCUT2D eigenvalue weighted by atomic mass is 9.77. The predicted molar refractivity (Wildman–Crippen MR) is 293 cm³/mol. The van der Waals surface area contributed by atoms with E-state index in [0.29, 0.717) is 36.6 Å². The van der Waals surface area contributed by atoms with Gasteiger partial charge in [0.25, 0.3) is 0 Å². The lowest BCUT2D eigenvalue weighted by Crippen LogP contribution is -2.39. The number of phenolic OH excluding ortho intramolecular Hbond substituents is 1. The number of phenols is 1. The Hall–Kier alpha value is -9.22. The molecule has 3 heterocycles. The smallest absolute Gasteiger partial charge is 0.182 e. The summed E-state index contributed by atoms with van der Waals surface area (Å²) in [6.45, 7) is 1.46. The van der Waals surface area contributed by atoms with Crippen LogP contribution in [0.4, 0.5) is 5.82 Å². The highest BCUT2D eigenvalue weighted by Crippen LogP contribution is 2.45. The average Bonchev–Trinajstić information content (AvgIpc) is 4.12. The maximum absolute atomic E-state index is 10.4. The number of anilines is 1. The minimum atomic E-state index is -1.04. The van der Waals surface area contributed by atoms with Gasteiger partial charge in [-0.2, -0.15) is 5.10 Å². The number of nitrogens with zero attached hydrogens (tertiary/aromatic N) is 6. The van der Waals surface area contributed by atoms with Crippen molar-refractivity contribution in [3.05, 3.63) is 316 Å². The molecule has 0 fully saturated rings. The van der Waals surface area contributed by atoms with Crippen molar-refractivity contribution in [2.75, 3.05) is 11.9 Å². The summed E-state index contributed by atoms with van der Waals surface area (Å²) >= 11 is 0. The number of nitrogens with one attached hydrogen (secondary N) is 2. The van der Waals surface area contributed by atoms with Crippen molar-refractivity contribution < 1.29 is 10.2 Å². The number of aromatic nitrogens is 6. The molecule has 0 saturated heterocycles. The Balaban J connectivity index is 1.19. The topological polar surface area (TPSA) is 126 Å². The van der Waals surface area contributed by atoms with Crippen molar-refractivity contribution in [2.45, 2.75) is 30.8 Å². The largest absolute Gasteiger partial charge is 0.508 e. The molecule has 74 heavy (non-hydrogen) atoms. The molecule has 0 aliphatic carbocycles. The number of benzene rings is 8. The standard InChI is InChI=1S/C64H54N8O2/c73-46-49-23-19-21-47(39-49)42-65-38-37-58(50-43-66-71(45-50)44-48-22-20-36-57(74)40-48)59-41-60(68-63(51-24-7-1-8-25-51,52-26-9-2-10-27-52)53-28-11-3-12-29-53)67-62-61(59)69-70-72(62)64(54-30-13-4-14-31-54,55-32-15-5-16-33-55)56-34-17-6-18-35-56/h1-37,39-41,43,45,65,73-74H,38,42,44,46H2,(H,67,68)/b58-37+. The quantitative estimate of drug-likeness (QED) is 0.0495. The van der Waals surface area contributed by atoms with Gasteiger partial charge in [0.1, 0.15) is 28.2 Å². The molecule has 0 radical (unpaired) electrons. The van der Waals surface area contributed by atoms with Crippen molar-refractivity contribution in [2.24, 2.45) is 0 Å². The zero-order valence-electron chi connectivity index (χ0n) is 40.7. The molecule has 10 nitrogen and oxygen atoms in total. The van der Waals surface area contributed by atoms with Gasteiger partial charge in [0.05, 0.1) is 19.3 Å². The van der Waals surface area contributed by atoms with Gasteiger partial charge in [-0.15, -0.1) is 5.10 Å². The van der Waals surface area contributed by atoms with E-state index in [-0.39, 0.29) is 12.4 Å². The van der Waals surface area contributed by atoms with E-state index in [1.807, 2.05) is 88.5 Å². The van der Waals surface area contributed by atoms with Crippen molar-refractivity contribution in [1.82, 2.24) is 35.1 Å². The van der Waals surface area contributed by atoms with Crippen LogP contribution in [0.5, 0.6) is 5.75 Å². The normalized spacial score (nSPS) is 12.0. The van der Waals surface area contributed by atoms with E-state index in [2.05, 4.69) is 174 Å². The van der Waals surface area contributed by atoms with Gasteiger partial charge in [-0.05, 0) is 73.8 Å². The van der Waals surface area contributed by atoms with E-state index in [9.17, 15) is 10.2 Å². The molecule has 0 amide bonds. The third-order valence-electron chi connectivity index (χ3n) is 13.7. The molecule has 8 aromatic carbocycles. The Kier molecular flexibility index (Phi) is 13.5. The van der Waals surface area contributed by atoms with E-state index in [4.69, 9.17) is 20.4 Å². The second kappa shape index (κ2) is 21.2. The van der Waals surface area contributed by atoms with Crippen LogP contribution in [0.15, 0.2) is 255 Å². The summed E-state index contributed by atoms with van der Waals surface area (Å²) in [6.07, 6.45) is 6.10. The van der Waals surface area contributed by atoms with E-state index >= 15 is 0 Å². The zero-order chi connectivity index (χ0) is 50.2. The van der Waals surface area contributed by atoms with Crippen molar-refractivity contribution >= 4 is 22.6 Å². The molecule has 3 aromatic heterocycles. The van der Waals surface area contributed by atoms with Crippen molar-refractivity contribution in [3.8, 4) is 5.75 Å². The Morgan fingerprint density at radius 1 is 0.554 bits per heavy atom. The molecular weight excluding hydrogens is 913 g/mol. The number of aliphatic hydroxyl groups excluding tert-OH is 1. The van der Waals surface area contributed by atoms with E-state index < -0.39 is 11.1 Å². The SMILES string of the molecule is OCc1cccc(CNC/C=C(\c2cnn(Cc3cccc(O)c3)c2)c2cc(NC(c3ccccc3)(c3ccccc3)c3ccccc3)nc3c2nnn3C(c2ccccc2)(c2ccccc2)c2ccccc2)c1. The van der Waals surface area contributed by atoms with Crippen molar-refractivity contribution in [3.63, 3.8) is 0 Å². The molecule has 362 valence electrons. The van der Waals surface area contributed by atoms with Gasteiger partial charge < -0.3 is 20.8 Å². The van der Waals surface area contributed by atoms with Crippen LogP contribution < -0.4 is 10.6 Å². The average molecular weight is 967 g/mol. The molecule has 10 heteroatoms. The van der Waals surface area contributed by atoms with Gasteiger partial charge >= 0.3 is 0 Å². The Labute approximate surface area is 430 Å². The number of aliphatic hydroxyl groups is 1. The summed E-state index contributed by atoms with van der Waals surface area (Å²) in [5.74, 6) is 0.783. The molecule has 4 N–H and O–H groups in total. The highest BCUT2D eigenvalue weighted by molar-refractivity contribution is 5.94. The lowest BCUT2D eigenvalue weighted by molar-refractivity contribution is 0.281. The highest BCUT2D eigenvalue weighted by atomic mass is 16.3. The van der Waals surface area contributed by atoms with Crippen molar-refractivity contribution in [1.29, 1.82) is 0 Å². The van der Waals surface area contributed by atoms with Gasteiger partial charge in [0, 0.05) is 30.4 Å². The summed E-state index contributed by atoms with van der Waals surface area (Å²) in [4.78, 5) is 5.72. The fourth-order valence-electron chi connectivity index (χ4n) is 10.3. The Morgan fingerprint density at radius 3 is 1.61 bits per heavy atom. The molecule has 11 aromatic rings. The predicted octanol–water partition coefficient (Wildman–Crippen LogP) is 11.7. The minimum Gasteiger partial charge on any atom is -0.508 e. The second-order valence-corrected chi connectivity index (χ2v) is 18.3. The minimum absolute atomic E-state index is 0.0280. The number of hydrogen-bond donors (Lipinski definition) is 4. The molecule has 0 bridgehead atoms. The number of fused-ring (bicyclic) bond motifs is 1. The Morgan fingerprint density at radius 2 is 1.07 bits per heavy atom. The lowest BCUT2D eigenvalue weighted by Gasteiger charge is -2.38. The highest BCUT2D eigenvalue weighted by Gasteiger charge is 2.43. The molecule has 0 spiro atoms. The van der Waals surface area contributed by atoms with Crippen LogP contribution in [0, 0.1) is 0 Å². The molecule has 0 aliphatic rings. The van der Waals surface area contributed by atoms with Crippen LogP contribution in [0.2, 0.25) is 0 Å². The molecule has 11 rings (SSSR count). The number of aromatic hydroxyl groups is 1. The van der Waals surface area contributed by atoms with Gasteiger partial charge in [-0.1, -0.05) is 230 Å². The molecule has 0 atom stereocenters. The molecule has 0 unspecified atom stereocenters. The van der Waals surface area contributed by atoms with Gasteiger partial charge in [0.15, 0.2) is 5.65 Å². The monoisotopic (exact) mass is 966 g/mol. The van der Waals surface area contributed by atoms with E-state index in [1.54, 1.807) is 12.1 Å². The first-order chi connectivity index (χ1) is 36.5. The van der Waals surface area contributed by atoms with Gasteiger partial charge in [0.2, 0.25) is 0 Å². The summed E-state index contributed by atoms with van der Waals surface area (Å²) < 4.78 is 3.89. The molecular formula is C64H54N8O2. The third-order valence-corrected chi connectivity index (χ3v) is 13.7. The maximum atomic E-state index is 10.4. The van der Waals surface area contributed by atoms with Crippen LogP contribution in [0.3, 0.4) is 0 Å². The van der Waals surface area contributed by atoms with Gasteiger partial charge in [-0.3, -0.25) is 4.68 Å². The van der Waals surface area contributed by atoms with Crippen LogP contribution in [0.25, 0.3) is 16.7 Å². The van der Waals surface area contributed by atoms with Crippen LogP contribution >= 0.6 is 0 Å². The second-order valence-electron chi connectivity index (χ2n) is 18.3. The van der Waals surface area contributed by atoms with Crippen LogP contribution in [-0.2, 0) is 30.8 Å². The van der Waals surface area contributed by atoms with E-state index in [0.717, 1.165) is 66.8 Å². The maximum Gasteiger partial charge on any atom is 0.182 e. The van der Waals surface area contributed by atoms with Crippen LogP contribution in [0.1, 0.15) is 61.2 Å². The first-order valence-electron chi connectivity index (χ1n) is 24.8. The zero-order valence-corrected chi connectivity index (χ0v) is 40.7. The number of hydrogen-bond acceptors (Lipinski definition) is 8. The first kappa shape index (κ1) is 47.1. The Bertz CT molecular complexity index is 3450. The third kappa shape index (κ3) is 9.27. The number of pyridine rings is 1. The summed E-state index contributed by atoms with van der Waals surface area (Å²) in [6, 6.07) is 80.3. The number of rotatable bonds is 18. The fraction of sp³-hybridized carbons (Fsp3) is 0.0938. The molecule has 0 aliphatic heterocycles. The van der Waals surface area contributed by atoms with E-state index in [1.165, 1.54) is 0 Å². The summed E-state index contributed by atoms with van der Waals surface area (Å²) in [5, 5.41) is 43.4.